The minimum Gasteiger partial charge on any atom is -0.217 e. The van der Waals surface area contributed by atoms with E-state index in [1.54, 1.807) is 6.20 Å². The van der Waals surface area contributed by atoms with Gasteiger partial charge in [-0.3, -0.25) is 0 Å². The van der Waals surface area contributed by atoms with Gasteiger partial charge in [0.1, 0.15) is 0 Å². The third-order valence-electron chi connectivity index (χ3n) is 1.73. The predicted octanol–water partition coefficient (Wildman–Crippen LogP) is 2.90. The molecule has 2 aromatic rings. The van der Waals surface area contributed by atoms with E-state index in [0.29, 0.717) is 5.02 Å². The molecule has 0 spiro atoms. The van der Waals surface area contributed by atoms with Crippen LogP contribution >= 0.6 is 24.4 Å². The van der Waals surface area contributed by atoms with Gasteiger partial charge in [-0.15, -0.1) is 0 Å². The molecule has 0 aliphatic carbocycles. The van der Waals surface area contributed by atoms with Gasteiger partial charge < -0.3 is 0 Å². The topological polar surface area (TPSA) is 17.8 Å². The first kappa shape index (κ1) is 8.66. The third-order valence-corrected chi connectivity index (χ3v) is 2.28. The lowest BCUT2D eigenvalue weighted by atomic mass is 10.2. The Hall–Kier alpha value is -0.930. The van der Waals surface area contributed by atoms with Crippen LogP contribution < -0.4 is 0 Å². The Morgan fingerprint density at radius 1 is 1.23 bits per heavy atom. The van der Waals surface area contributed by atoms with E-state index in [-0.39, 0.29) is 0 Å². The summed E-state index contributed by atoms with van der Waals surface area (Å²) in [6, 6.07) is 9.46. The summed E-state index contributed by atoms with van der Waals surface area (Å²) in [5, 5.41) is 4.84. The van der Waals surface area contributed by atoms with Crippen LogP contribution in [0.5, 0.6) is 0 Å². The summed E-state index contributed by atoms with van der Waals surface area (Å²) >= 11 is 10.0. The van der Waals surface area contributed by atoms with Gasteiger partial charge >= 0.3 is 0 Å². The lowest BCUT2D eigenvalue weighted by Gasteiger charge is -1.98. The van der Waals surface area contributed by atoms with Gasteiger partial charge in [-0.05, 0) is 24.9 Å². The lowest BCUT2D eigenvalue weighted by molar-refractivity contribution is 1.02. The fourth-order valence-electron chi connectivity index (χ4n) is 1.13. The smallest absolute Gasteiger partial charge is 0.0948 e. The SMILES string of the molecule is Sn1ccc(-c2ccccc2Cl)n1. The van der Waals surface area contributed by atoms with E-state index < -0.39 is 0 Å². The van der Waals surface area contributed by atoms with Crippen LogP contribution in [-0.2, 0) is 0 Å². The van der Waals surface area contributed by atoms with E-state index in [4.69, 9.17) is 11.6 Å². The number of rotatable bonds is 1. The van der Waals surface area contributed by atoms with Crippen molar-refractivity contribution in [2.75, 3.05) is 0 Å². The molecule has 4 heteroatoms. The van der Waals surface area contributed by atoms with Gasteiger partial charge in [-0.1, -0.05) is 29.8 Å². The van der Waals surface area contributed by atoms with E-state index in [1.807, 2.05) is 30.3 Å². The molecule has 1 aromatic heterocycles. The van der Waals surface area contributed by atoms with Crippen LogP contribution in [0.25, 0.3) is 11.3 Å². The number of hydrogen-bond donors (Lipinski definition) is 1. The van der Waals surface area contributed by atoms with E-state index in [9.17, 15) is 0 Å². The lowest BCUT2D eigenvalue weighted by Crippen LogP contribution is -1.82. The van der Waals surface area contributed by atoms with Crippen molar-refractivity contribution < 1.29 is 0 Å². The highest BCUT2D eigenvalue weighted by Crippen LogP contribution is 2.25. The summed E-state index contributed by atoms with van der Waals surface area (Å²) in [5.74, 6) is 0. The average Bonchev–Trinajstić information content (AvgIpc) is 2.53. The molecule has 0 amide bonds. The Labute approximate surface area is 86.7 Å². The number of thiol groups is 1. The summed E-state index contributed by atoms with van der Waals surface area (Å²) in [5.41, 5.74) is 1.76. The van der Waals surface area contributed by atoms with Crippen molar-refractivity contribution in [2.45, 2.75) is 0 Å². The van der Waals surface area contributed by atoms with Crippen molar-refractivity contribution in [1.82, 2.24) is 9.19 Å². The molecule has 2 rings (SSSR count). The van der Waals surface area contributed by atoms with Gasteiger partial charge in [0.05, 0.1) is 10.7 Å². The number of hydrogen-bond acceptors (Lipinski definition) is 2. The van der Waals surface area contributed by atoms with Crippen LogP contribution in [0.1, 0.15) is 0 Å². The van der Waals surface area contributed by atoms with Crippen LogP contribution in [0.4, 0.5) is 0 Å². The minimum atomic E-state index is 0.703. The monoisotopic (exact) mass is 210 g/mol. The molecule has 1 heterocycles. The van der Waals surface area contributed by atoms with Gasteiger partial charge in [0, 0.05) is 11.8 Å². The average molecular weight is 211 g/mol. The molecule has 0 aliphatic heterocycles. The maximum absolute atomic E-state index is 5.99. The zero-order valence-electron chi connectivity index (χ0n) is 6.68. The molecule has 0 aliphatic rings. The Balaban J connectivity index is 2.52. The minimum absolute atomic E-state index is 0.703. The Morgan fingerprint density at radius 3 is 2.62 bits per heavy atom. The fraction of sp³-hybridized carbons (Fsp3) is 0. The summed E-state index contributed by atoms with van der Waals surface area (Å²) in [7, 11) is 0. The zero-order valence-corrected chi connectivity index (χ0v) is 8.33. The maximum atomic E-state index is 5.99. The summed E-state index contributed by atoms with van der Waals surface area (Å²) in [6.07, 6.45) is 1.77. The second kappa shape index (κ2) is 3.44. The van der Waals surface area contributed by atoms with Gasteiger partial charge in [-0.2, -0.15) is 5.10 Å². The molecule has 66 valence electrons. The van der Waals surface area contributed by atoms with Crippen molar-refractivity contribution in [1.29, 1.82) is 0 Å². The predicted molar refractivity (Wildman–Crippen MR) is 57.1 cm³/mol. The Bertz CT molecular complexity index is 425. The summed E-state index contributed by atoms with van der Waals surface area (Å²) in [6.45, 7) is 0. The first-order valence-electron chi connectivity index (χ1n) is 3.77. The molecule has 1 aromatic carbocycles. The fourth-order valence-corrected chi connectivity index (χ4v) is 1.52. The second-order valence-corrected chi connectivity index (χ2v) is 3.42. The van der Waals surface area contributed by atoms with Crippen LogP contribution in [0, 0.1) is 0 Å². The highest BCUT2D eigenvalue weighted by atomic mass is 35.5. The molecule has 0 fully saturated rings. The van der Waals surface area contributed by atoms with Crippen molar-refractivity contribution in [3.05, 3.63) is 41.6 Å². The highest BCUT2D eigenvalue weighted by molar-refractivity contribution is 7.78. The van der Waals surface area contributed by atoms with Crippen LogP contribution in [0.2, 0.25) is 5.02 Å². The number of halogens is 1. The first-order chi connectivity index (χ1) is 6.27. The van der Waals surface area contributed by atoms with Crippen LogP contribution in [0.3, 0.4) is 0 Å². The normalized spacial score (nSPS) is 10.3. The number of aromatic nitrogens is 2. The molecule has 0 unspecified atom stereocenters. The number of benzene rings is 1. The summed E-state index contributed by atoms with van der Waals surface area (Å²) < 4.78 is 1.46. The standard InChI is InChI=1S/C9H7ClN2S/c10-8-4-2-1-3-7(8)9-5-6-12(13)11-9/h1-6,13H. The van der Waals surface area contributed by atoms with Crippen molar-refractivity contribution in [3.8, 4) is 11.3 Å². The van der Waals surface area contributed by atoms with E-state index in [2.05, 4.69) is 17.9 Å². The van der Waals surface area contributed by atoms with Gasteiger partial charge in [0.25, 0.3) is 0 Å². The van der Waals surface area contributed by atoms with Crippen LogP contribution in [-0.4, -0.2) is 9.19 Å². The second-order valence-electron chi connectivity index (χ2n) is 2.60. The van der Waals surface area contributed by atoms with Crippen molar-refractivity contribution >= 4 is 24.4 Å². The molecule has 13 heavy (non-hydrogen) atoms. The molecular formula is C9H7ClN2S. The summed E-state index contributed by atoms with van der Waals surface area (Å²) in [4.78, 5) is 0. The van der Waals surface area contributed by atoms with Gasteiger partial charge in [0.15, 0.2) is 0 Å². The Morgan fingerprint density at radius 2 is 2.00 bits per heavy atom. The molecule has 0 bridgehead atoms. The van der Waals surface area contributed by atoms with Crippen molar-refractivity contribution in [2.24, 2.45) is 0 Å². The van der Waals surface area contributed by atoms with E-state index >= 15 is 0 Å². The van der Waals surface area contributed by atoms with Crippen molar-refractivity contribution in [3.63, 3.8) is 0 Å². The van der Waals surface area contributed by atoms with E-state index in [0.717, 1.165) is 11.3 Å². The molecular weight excluding hydrogens is 204 g/mol. The van der Waals surface area contributed by atoms with Crippen LogP contribution in [0.15, 0.2) is 36.5 Å². The van der Waals surface area contributed by atoms with E-state index in [1.165, 1.54) is 4.09 Å². The third kappa shape index (κ3) is 1.71. The zero-order chi connectivity index (χ0) is 9.26. The molecule has 0 radical (unpaired) electrons. The largest absolute Gasteiger partial charge is 0.217 e. The molecule has 0 atom stereocenters. The molecule has 2 nitrogen and oxygen atoms in total. The molecule has 0 saturated heterocycles. The molecule has 0 saturated carbocycles. The van der Waals surface area contributed by atoms with Gasteiger partial charge in [-0.25, -0.2) is 4.09 Å². The maximum Gasteiger partial charge on any atom is 0.0948 e. The Kier molecular flexibility index (Phi) is 2.29. The highest BCUT2D eigenvalue weighted by Gasteiger charge is 2.04. The number of nitrogens with zero attached hydrogens (tertiary/aromatic N) is 2. The first-order valence-corrected chi connectivity index (χ1v) is 4.55. The quantitative estimate of drug-likeness (QED) is 0.717. The van der Waals surface area contributed by atoms with Gasteiger partial charge in [0.2, 0.25) is 0 Å². The molecule has 0 N–H and O–H groups in total.